The van der Waals surface area contributed by atoms with E-state index in [0.717, 1.165) is 18.4 Å². The van der Waals surface area contributed by atoms with Crippen LogP contribution in [0.4, 0.5) is 0 Å². The van der Waals surface area contributed by atoms with Crippen molar-refractivity contribution in [2.45, 2.75) is 113 Å². The van der Waals surface area contributed by atoms with E-state index in [1.807, 2.05) is 84.9 Å². The molecule has 0 aromatic heterocycles. The van der Waals surface area contributed by atoms with E-state index in [-0.39, 0.29) is 29.4 Å². The smallest absolute Gasteiger partial charge is 0.209 e. The van der Waals surface area contributed by atoms with Gasteiger partial charge in [-0.2, -0.15) is 0 Å². The van der Waals surface area contributed by atoms with Crippen molar-refractivity contribution in [2.24, 2.45) is 21.7 Å². The zero-order valence-corrected chi connectivity index (χ0v) is 26.5. The number of allylic oxidation sites excluding steroid dienone is 4. The van der Waals surface area contributed by atoms with Crippen molar-refractivity contribution in [3.8, 4) is 5.75 Å². The van der Waals surface area contributed by atoms with Crippen LogP contribution in [0.15, 0.2) is 58.7 Å². The molecule has 0 amide bonds. The molecule has 0 heterocycles. The van der Waals surface area contributed by atoms with Crippen molar-refractivity contribution >= 4 is 0 Å². The lowest BCUT2D eigenvalue weighted by Gasteiger charge is -2.43. The number of aryl methyl sites for hydroxylation is 1. The second-order valence-electron chi connectivity index (χ2n) is 14.8. The fourth-order valence-corrected chi connectivity index (χ4v) is 6.14. The molecular formula is C35H52O5. The van der Waals surface area contributed by atoms with Crippen LogP contribution in [0.1, 0.15) is 98.8 Å². The van der Waals surface area contributed by atoms with E-state index in [1.54, 1.807) is 0 Å². The van der Waals surface area contributed by atoms with Gasteiger partial charge in [-0.25, -0.2) is 0 Å². The minimum atomic E-state index is -2.14. The molecule has 5 nitrogen and oxygen atoms in total. The Hall–Kier alpha value is -2.18. The Morgan fingerprint density at radius 2 is 0.950 bits per heavy atom. The van der Waals surface area contributed by atoms with Crippen LogP contribution in [0.5, 0.6) is 5.75 Å². The van der Waals surface area contributed by atoms with Crippen molar-refractivity contribution in [2.75, 3.05) is 0 Å². The number of phenols is 1. The summed E-state index contributed by atoms with van der Waals surface area (Å²) < 4.78 is 0. The van der Waals surface area contributed by atoms with Crippen LogP contribution < -0.4 is 0 Å². The Morgan fingerprint density at radius 1 is 0.625 bits per heavy atom. The summed E-state index contributed by atoms with van der Waals surface area (Å²) in [5.41, 5.74) is 2.37. The summed E-state index contributed by atoms with van der Waals surface area (Å²) in [4.78, 5) is 0. The first kappa shape index (κ1) is 32.3. The average molecular weight is 553 g/mol. The highest BCUT2D eigenvalue weighted by Gasteiger charge is 2.46. The molecule has 1 aromatic rings. The van der Waals surface area contributed by atoms with Crippen LogP contribution in [0, 0.1) is 28.6 Å². The molecule has 0 saturated heterocycles. The second-order valence-corrected chi connectivity index (χ2v) is 14.8. The fraction of sp³-hybridized carbons (Fsp3) is 0.600. The molecule has 0 bridgehead atoms. The van der Waals surface area contributed by atoms with E-state index in [9.17, 15) is 25.5 Å². The summed E-state index contributed by atoms with van der Waals surface area (Å²) >= 11 is 0. The highest BCUT2D eigenvalue weighted by Crippen LogP contribution is 2.49. The third kappa shape index (κ3) is 6.18. The van der Waals surface area contributed by atoms with Crippen LogP contribution in [-0.4, -0.2) is 37.1 Å². The van der Waals surface area contributed by atoms with Gasteiger partial charge in [0.05, 0.1) is 0 Å². The zero-order valence-electron chi connectivity index (χ0n) is 26.5. The van der Waals surface area contributed by atoms with Gasteiger partial charge in [-0.15, -0.1) is 0 Å². The standard InChI is InChI=1S/C35H52O5/c1-12-32(10)18-25(34(37,38)27(20-32)30(4,5)6)16-23-14-22(3)15-24(29(23)36)17-26-19-33(11,13-2)21-28(31(7,8)9)35(26,39)40/h14-15,18-21,36-40H,12-13,16-17H2,1-11H3. The molecule has 5 heteroatoms. The van der Waals surface area contributed by atoms with Gasteiger partial charge < -0.3 is 25.5 Å². The summed E-state index contributed by atoms with van der Waals surface area (Å²) in [7, 11) is 0. The van der Waals surface area contributed by atoms with Crippen LogP contribution in [-0.2, 0) is 12.8 Å². The van der Waals surface area contributed by atoms with Gasteiger partial charge in [0.25, 0.3) is 0 Å². The van der Waals surface area contributed by atoms with Crippen molar-refractivity contribution < 1.29 is 25.5 Å². The van der Waals surface area contributed by atoms with E-state index in [4.69, 9.17) is 0 Å². The van der Waals surface area contributed by atoms with Gasteiger partial charge in [-0.05, 0) is 64.0 Å². The predicted octanol–water partition coefficient (Wildman–Crippen LogP) is 6.81. The van der Waals surface area contributed by atoms with Crippen LogP contribution in [0.2, 0.25) is 0 Å². The number of hydrogen-bond donors (Lipinski definition) is 5. The van der Waals surface area contributed by atoms with Crippen LogP contribution >= 0.6 is 0 Å². The van der Waals surface area contributed by atoms with E-state index in [1.165, 1.54) is 0 Å². The largest absolute Gasteiger partial charge is 0.507 e. The first-order valence-electron chi connectivity index (χ1n) is 14.6. The molecular weight excluding hydrogens is 500 g/mol. The molecule has 222 valence electrons. The molecule has 0 spiro atoms. The summed E-state index contributed by atoms with van der Waals surface area (Å²) in [6.07, 6.45) is 9.68. The fourth-order valence-electron chi connectivity index (χ4n) is 6.14. The quantitative estimate of drug-likeness (QED) is 0.197. The van der Waals surface area contributed by atoms with Gasteiger partial charge in [0.2, 0.25) is 11.6 Å². The highest BCUT2D eigenvalue weighted by atomic mass is 16.5. The Balaban J connectivity index is 2.09. The van der Waals surface area contributed by atoms with Crippen LogP contribution in [0.3, 0.4) is 0 Å². The molecule has 3 rings (SSSR count). The summed E-state index contributed by atoms with van der Waals surface area (Å²) in [6.45, 7) is 22.1. The van der Waals surface area contributed by atoms with Crippen molar-refractivity contribution in [1.29, 1.82) is 0 Å². The summed E-state index contributed by atoms with van der Waals surface area (Å²) in [6, 6.07) is 3.73. The Kier molecular flexibility index (Phi) is 8.30. The molecule has 5 N–H and O–H groups in total. The molecule has 40 heavy (non-hydrogen) atoms. The minimum Gasteiger partial charge on any atom is -0.507 e. The van der Waals surface area contributed by atoms with Crippen molar-refractivity contribution in [3.63, 3.8) is 0 Å². The lowest BCUT2D eigenvalue weighted by atomic mass is 9.67. The molecule has 2 aliphatic carbocycles. The Bertz CT molecular complexity index is 1180. The van der Waals surface area contributed by atoms with Gasteiger partial charge in [-0.3, -0.25) is 0 Å². The monoisotopic (exact) mass is 552 g/mol. The van der Waals surface area contributed by atoms with E-state index >= 15 is 0 Å². The van der Waals surface area contributed by atoms with Crippen LogP contribution in [0.25, 0.3) is 0 Å². The molecule has 0 aliphatic heterocycles. The highest BCUT2D eigenvalue weighted by molar-refractivity contribution is 5.52. The third-order valence-electron chi connectivity index (χ3n) is 8.92. The summed E-state index contributed by atoms with van der Waals surface area (Å²) in [5.74, 6) is -4.25. The molecule has 1 aromatic carbocycles. The number of benzene rings is 1. The second kappa shape index (κ2) is 10.3. The topological polar surface area (TPSA) is 101 Å². The van der Waals surface area contributed by atoms with Gasteiger partial charge in [0, 0.05) is 23.7 Å². The zero-order chi connectivity index (χ0) is 30.7. The number of phenolic OH excluding ortho intramolecular Hbond substituents is 1. The van der Waals surface area contributed by atoms with Gasteiger partial charge >= 0.3 is 0 Å². The van der Waals surface area contributed by atoms with Crippen molar-refractivity contribution in [1.82, 2.24) is 0 Å². The lowest BCUT2D eigenvalue weighted by molar-refractivity contribution is -0.111. The SMILES string of the molecule is CCC1(C)C=C(Cc2cc(C)cc(CC3=CC(C)(CC)C=C(C(C)(C)C)C3(O)O)c2O)C(O)(O)C(C(C)(C)C)=C1. The van der Waals surface area contributed by atoms with E-state index < -0.39 is 22.4 Å². The molecule has 2 unspecified atom stereocenters. The van der Waals surface area contributed by atoms with Gasteiger partial charge in [0.15, 0.2) is 0 Å². The Morgan fingerprint density at radius 3 is 1.23 bits per heavy atom. The third-order valence-corrected chi connectivity index (χ3v) is 8.92. The van der Waals surface area contributed by atoms with E-state index in [2.05, 4.69) is 27.7 Å². The first-order chi connectivity index (χ1) is 18.0. The van der Waals surface area contributed by atoms with E-state index in [0.29, 0.717) is 33.4 Å². The predicted molar refractivity (Wildman–Crippen MR) is 163 cm³/mol. The average Bonchev–Trinajstić information content (AvgIpc) is 2.80. The number of aliphatic hydroxyl groups is 4. The molecule has 2 atom stereocenters. The van der Waals surface area contributed by atoms with Gasteiger partial charge in [0.1, 0.15) is 5.75 Å². The normalized spacial score (nSPS) is 26.6. The molecule has 0 radical (unpaired) electrons. The minimum absolute atomic E-state index is 0.0362. The van der Waals surface area contributed by atoms with Gasteiger partial charge in [-0.1, -0.05) is 111 Å². The number of rotatable bonds is 6. The maximum absolute atomic E-state index is 11.5. The molecule has 2 aliphatic rings. The first-order valence-corrected chi connectivity index (χ1v) is 14.6. The lowest BCUT2D eigenvalue weighted by Crippen LogP contribution is -2.43. The Labute approximate surface area is 241 Å². The maximum Gasteiger partial charge on any atom is 0.209 e. The molecule has 0 saturated carbocycles. The molecule has 0 fully saturated rings. The summed E-state index contributed by atoms with van der Waals surface area (Å²) in [5, 5.41) is 57.2. The number of aromatic hydroxyl groups is 1. The maximum atomic E-state index is 11.5. The van der Waals surface area contributed by atoms with Crippen molar-refractivity contribution in [3.05, 3.63) is 75.4 Å². The number of hydrogen-bond acceptors (Lipinski definition) is 5.